The summed E-state index contributed by atoms with van der Waals surface area (Å²) in [6.45, 7) is 13.4. The molecular formula is C35H56N2O. The average molecular weight is 521 g/mol. The van der Waals surface area contributed by atoms with Crippen LogP contribution >= 0.6 is 0 Å². The van der Waals surface area contributed by atoms with E-state index >= 15 is 0 Å². The monoisotopic (exact) mass is 520 g/mol. The first-order valence-electron chi connectivity index (χ1n) is 16.1. The van der Waals surface area contributed by atoms with Crippen LogP contribution in [0.5, 0.6) is 0 Å². The lowest BCUT2D eigenvalue weighted by molar-refractivity contribution is -0.0637. The highest BCUT2D eigenvalue weighted by Crippen LogP contribution is 2.67. The summed E-state index contributed by atoms with van der Waals surface area (Å²) in [4.78, 5) is 0. The van der Waals surface area contributed by atoms with Gasteiger partial charge >= 0.3 is 0 Å². The van der Waals surface area contributed by atoms with E-state index in [4.69, 9.17) is 16.2 Å². The van der Waals surface area contributed by atoms with Crippen molar-refractivity contribution in [1.82, 2.24) is 0 Å². The van der Waals surface area contributed by atoms with Crippen molar-refractivity contribution < 1.29 is 4.74 Å². The van der Waals surface area contributed by atoms with Crippen molar-refractivity contribution in [2.24, 2.45) is 46.3 Å². The van der Waals surface area contributed by atoms with Crippen LogP contribution in [0.4, 0.5) is 11.4 Å². The lowest BCUT2D eigenvalue weighted by Gasteiger charge is -2.58. The standard InChI is InChI=1S/C35H56N2O/c1-23(2)7-6-8-24(3)30-13-14-31-29-12-10-26-21-28(38-20-17-25-9-11-27(36)22-33(25)37)15-18-34(26,4)32(29)16-19-35(30,31)5/h9-11,22-24,28-32H,6-8,12-21,36-37H2,1-5H3/t24-,28?,29?,30-,31?,32?,34+,35-/m1/s1. The molecule has 38 heavy (non-hydrogen) atoms. The number of nitrogens with two attached hydrogens (primary N) is 2. The molecule has 0 radical (unpaired) electrons. The van der Waals surface area contributed by atoms with E-state index in [9.17, 15) is 0 Å². The molecule has 0 heterocycles. The van der Waals surface area contributed by atoms with Crippen LogP contribution < -0.4 is 11.5 Å². The second kappa shape index (κ2) is 11.2. The maximum atomic E-state index is 6.45. The summed E-state index contributed by atoms with van der Waals surface area (Å²) < 4.78 is 6.45. The first-order valence-corrected chi connectivity index (χ1v) is 16.1. The fourth-order valence-corrected chi connectivity index (χ4v) is 9.97. The molecule has 4 unspecified atom stereocenters. The fraction of sp³-hybridized carbons (Fsp3) is 0.771. The van der Waals surface area contributed by atoms with Crippen LogP contribution in [0.25, 0.3) is 0 Å². The highest BCUT2D eigenvalue weighted by Gasteiger charge is 2.59. The van der Waals surface area contributed by atoms with Crippen molar-refractivity contribution in [1.29, 1.82) is 0 Å². The molecule has 3 fully saturated rings. The van der Waals surface area contributed by atoms with E-state index in [2.05, 4.69) is 40.7 Å². The first kappa shape index (κ1) is 28.1. The molecule has 3 nitrogen and oxygen atoms in total. The van der Waals surface area contributed by atoms with E-state index in [0.717, 1.165) is 71.9 Å². The average Bonchev–Trinajstić information content (AvgIpc) is 3.22. The Balaban J connectivity index is 1.20. The van der Waals surface area contributed by atoms with Crippen molar-refractivity contribution in [2.45, 2.75) is 118 Å². The Labute approximate surface area is 233 Å². The van der Waals surface area contributed by atoms with E-state index in [1.165, 1.54) is 64.2 Å². The number of hydrogen-bond acceptors (Lipinski definition) is 3. The number of fused-ring (bicyclic) bond motifs is 5. The number of ether oxygens (including phenoxy) is 1. The van der Waals surface area contributed by atoms with Crippen molar-refractivity contribution >= 4 is 11.4 Å². The van der Waals surface area contributed by atoms with Gasteiger partial charge in [0.2, 0.25) is 0 Å². The molecule has 3 heteroatoms. The van der Waals surface area contributed by atoms with E-state index in [-0.39, 0.29) is 0 Å². The second-order valence-corrected chi connectivity index (χ2v) is 14.7. The summed E-state index contributed by atoms with van der Waals surface area (Å²) in [7, 11) is 0. The van der Waals surface area contributed by atoms with Gasteiger partial charge in [-0.15, -0.1) is 0 Å². The van der Waals surface area contributed by atoms with Gasteiger partial charge in [-0.2, -0.15) is 0 Å². The summed E-state index contributed by atoms with van der Waals surface area (Å²) in [5.41, 5.74) is 17.4. The zero-order chi connectivity index (χ0) is 27.1. The molecule has 0 bridgehead atoms. The van der Waals surface area contributed by atoms with E-state index in [1.807, 2.05) is 18.2 Å². The minimum Gasteiger partial charge on any atom is -0.399 e. The SMILES string of the molecule is CC(C)CCC[C@@H](C)[C@H]1CCC2C3CC=C4CC(OCCc5ccc(N)cc5N)CC[C@]4(C)C3CC[C@@]21C. The number of nitrogen functional groups attached to an aromatic ring is 2. The summed E-state index contributed by atoms with van der Waals surface area (Å²) in [5.74, 6) is 5.40. The molecule has 0 aliphatic heterocycles. The second-order valence-electron chi connectivity index (χ2n) is 14.7. The van der Waals surface area contributed by atoms with Gasteiger partial charge in [0.25, 0.3) is 0 Å². The molecule has 1 aromatic rings. The fourth-order valence-electron chi connectivity index (χ4n) is 9.97. The van der Waals surface area contributed by atoms with Crippen LogP contribution in [0.15, 0.2) is 29.8 Å². The van der Waals surface area contributed by atoms with Crippen LogP contribution in [-0.4, -0.2) is 12.7 Å². The highest BCUT2D eigenvalue weighted by atomic mass is 16.5. The van der Waals surface area contributed by atoms with Crippen molar-refractivity contribution in [2.75, 3.05) is 18.1 Å². The van der Waals surface area contributed by atoms with Crippen LogP contribution in [-0.2, 0) is 11.2 Å². The van der Waals surface area contributed by atoms with Gasteiger partial charge in [-0.05, 0) is 122 Å². The first-order chi connectivity index (χ1) is 18.1. The third kappa shape index (κ3) is 5.30. The molecule has 0 spiro atoms. The minimum atomic E-state index is 0.359. The maximum absolute atomic E-state index is 6.45. The summed E-state index contributed by atoms with van der Waals surface area (Å²) >= 11 is 0. The molecule has 8 atom stereocenters. The van der Waals surface area contributed by atoms with Gasteiger partial charge in [0, 0.05) is 11.4 Å². The Morgan fingerprint density at radius 1 is 0.974 bits per heavy atom. The molecule has 4 aliphatic carbocycles. The zero-order valence-electron chi connectivity index (χ0n) is 25.1. The number of anilines is 2. The molecule has 0 saturated heterocycles. The van der Waals surface area contributed by atoms with Gasteiger partial charge in [-0.1, -0.05) is 71.6 Å². The van der Waals surface area contributed by atoms with Gasteiger partial charge in [0.05, 0.1) is 12.7 Å². The Morgan fingerprint density at radius 2 is 1.79 bits per heavy atom. The van der Waals surface area contributed by atoms with Crippen LogP contribution in [0.1, 0.15) is 111 Å². The number of rotatable bonds is 9. The molecule has 0 amide bonds. The normalized spacial score (nSPS) is 37.3. The third-order valence-electron chi connectivity index (χ3n) is 12.2. The summed E-state index contributed by atoms with van der Waals surface area (Å²) in [5, 5.41) is 0. The molecule has 0 aromatic heterocycles. The molecule has 4 N–H and O–H groups in total. The van der Waals surface area contributed by atoms with Gasteiger partial charge in [-0.3, -0.25) is 0 Å². The molecule has 212 valence electrons. The van der Waals surface area contributed by atoms with Crippen LogP contribution in [0.2, 0.25) is 0 Å². The predicted molar refractivity (Wildman–Crippen MR) is 162 cm³/mol. The lowest BCUT2D eigenvalue weighted by Crippen LogP contribution is -2.51. The topological polar surface area (TPSA) is 61.3 Å². The van der Waals surface area contributed by atoms with Crippen molar-refractivity contribution in [3.8, 4) is 0 Å². The Bertz CT molecular complexity index is 1000. The van der Waals surface area contributed by atoms with Crippen molar-refractivity contribution in [3.63, 3.8) is 0 Å². The molecule has 1 aromatic carbocycles. The number of allylic oxidation sites excluding steroid dienone is 1. The van der Waals surface area contributed by atoms with E-state index in [0.29, 0.717) is 16.9 Å². The zero-order valence-corrected chi connectivity index (χ0v) is 25.1. The third-order valence-corrected chi connectivity index (χ3v) is 12.2. The molecule has 4 aliphatic rings. The maximum Gasteiger partial charge on any atom is 0.0612 e. The van der Waals surface area contributed by atoms with Gasteiger partial charge < -0.3 is 16.2 Å². The molecule has 3 saturated carbocycles. The minimum absolute atomic E-state index is 0.359. The molecular weight excluding hydrogens is 464 g/mol. The van der Waals surface area contributed by atoms with Gasteiger partial charge in [-0.25, -0.2) is 0 Å². The lowest BCUT2D eigenvalue weighted by atomic mass is 9.47. The van der Waals surface area contributed by atoms with Crippen LogP contribution in [0.3, 0.4) is 0 Å². The van der Waals surface area contributed by atoms with Crippen molar-refractivity contribution in [3.05, 3.63) is 35.4 Å². The Morgan fingerprint density at radius 3 is 2.55 bits per heavy atom. The quantitative estimate of drug-likeness (QED) is 0.252. The largest absolute Gasteiger partial charge is 0.399 e. The molecule has 5 rings (SSSR count). The Kier molecular flexibility index (Phi) is 8.26. The Hall–Kier alpha value is -1.48. The summed E-state index contributed by atoms with van der Waals surface area (Å²) in [6.07, 6.45) is 19.0. The van der Waals surface area contributed by atoms with E-state index < -0.39 is 0 Å². The number of hydrogen-bond donors (Lipinski definition) is 2. The predicted octanol–water partition coefficient (Wildman–Crippen LogP) is 8.82. The van der Waals surface area contributed by atoms with E-state index in [1.54, 1.807) is 5.57 Å². The highest BCUT2D eigenvalue weighted by molar-refractivity contribution is 5.56. The summed E-state index contributed by atoms with van der Waals surface area (Å²) in [6, 6.07) is 5.85. The van der Waals surface area contributed by atoms with Crippen LogP contribution in [0, 0.1) is 46.3 Å². The smallest absolute Gasteiger partial charge is 0.0612 e. The van der Waals surface area contributed by atoms with Gasteiger partial charge in [0.1, 0.15) is 0 Å². The number of benzene rings is 1. The van der Waals surface area contributed by atoms with Gasteiger partial charge in [0.15, 0.2) is 0 Å².